The van der Waals surface area contributed by atoms with E-state index in [0.29, 0.717) is 5.15 Å². The summed E-state index contributed by atoms with van der Waals surface area (Å²) in [5, 5.41) is 0.438. The Balaban J connectivity index is 2.12. The van der Waals surface area contributed by atoms with Crippen molar-refractivity contribution >= 4 is 17.4 Å². The SMILES string of the molecule is Clc1cncc(N2CCCOCC2)n1. The number of rotatable bonds is 1. The highest BCUT2D eigenvalue weighted by molar-refractivity contribution is 6.29. The van der Waals surface area contributed by atoms with Crippen LogP contribution in [0.5, 0.6) is 0 Å². The molecule has 1 aliphatic rings. The van der Waals surface area contributed by atoms with Crippen molar-refractivity contribution in [3.8, 4) is 0 Å². The molecule has 76 valence electrons. The second-order valence-corrected chi connectivity index (χ2v) is 3.54. The molecule has 1 fully saturated rings. The zero-order chi connectivity index (χ0) is 9.80. The minimum Gasteiger partial charge on any atom is -0.380 e. The minimum absolute atomic E-state index is 0.438. The van der Waals surface area contributed by atoms with Gasteiger partial charge in [-0.15, -0.1) is 0 Å². The van der Waals surface area contributed by atoms with Crippen molar-refractivity contribution in [3.05, 3.63) is 17.5 Å². The third kappa shape index (κ3) is 2.33. The van der Waals surface area contributed by atoms with Gasteiger partial charge in [-0.3, -0.25) is 4.98 Å². The highest BCUT2D eigenvalue weighted by atomic mass is 35.5. The molecule has 0 aliphatic carbocycles. The largest absolute Gasteiger partial charge is 0.380 e. The van der Waals surface area contributed by atoms with E-state index in [0.717, 1.165) is 38.5 Å². The molecule has 0 unspecified atom stereocenters. The molecular formula is C9H12ClN3O. The predicted octanol–water partition coefficient (Wildman–Crippen LogP) is 1.36. The van der Waals surface area contributed by atoms with Crippen molar-refractivity contribution < 1.29 is 4.74 Å². The Hall–Kier alpha value is -0.870. The number of aromatic nitrogens is 2. The summed E-state index contributed by atoms with van der Waals surface area (Å²) in [6.07, 6.45) is 4.30. The van der Waals surface area contributed by atoms with Gasteiger partial charge >= 0.3 is 0 Å². The molecule has 2 rings (SSSR count). The van der Waals surface area contributed by atoms with Gasteiger partial charge in [0.2, 0.25) is 0 Å². The lowest BCUT2D eigenvalue weighted by Gasteiger charge is -2.19. The highest BCUT2D eigenvalue weighted by Crippen LogP contribution is 2.13. The highest BCUT2D eigenvalue weighted by Gasteiger charge is 2.11. The molecule has 1 saturated heterocycles. The van der Waals surface area contributed by atoms with Gasteiger partial charge in [-0.25, -0.2) is 4.98 Å². The van der Waals surface area contributed by atoms with Crippen LogP contribution in [-0.4, -0.2) is 36.3 Å². The fourth-order valence-electron chi connectivity index (χ4n) is 1.46. The van der Waals surface area contributed by atoms with E-state index in [9.17, 15) is 0 Å². The summed E-state index contributed by atoms with van der Waals surface area (Å²) in [6.45, 7) is 3.38. The van der Waals surface area contributed by atoms with Gasteiger partial charge in [0.1, 0.15) is 11.0 Å². The summed E-state index contributed by atoms with van der Waals surface area (Å²) < 4.78 is 5.35. The minimum atomic E-state index is 0.438. The van der Waals surface area contributed by atoms with Crippen LogP contribution in [0.25, 0.3) is 0 Å². The van der Waals surface area contributed by atoms with E-state index in [1.165, 1.54) is 0 Å². The van der Waals surface area contributed by atoms with E-state index >= 15 is 0 Å². The Morgan fingerprint density at radius 3 is 3.07 bits per heavy atom. The Kier molecular flexibility index (Phi) is 3.16. The van der Waals surface area contributed by atoms with Gasteiger partial charge in [0.05, 0.1) is 19.0 Å². The zero-order valence-electron chi connectivity index (χ0n) is 7.82. The number of nitrogens with zero attached hydrogens (tertiary/aromatic N) is 3. The van der Waals surface area contributed by atoms with Crippen molar-refractivity contribution in [2.45, 2.75) is 6.42 Å². The average Bonchev–Trinajstić information content (AvgIpc) is 2.45. The van der Waals surface area contributed by atoms with Crippen LogP contribution in [0.15, 0.2) is 12.4 Å². The number of ether oxygens (including phenoxy) is 1. The molecule has 5 heteroatoms. The summed E-state index contributed by atoms with van der Waals surface area (Å²) in [5.41, 5.74) is 0. The lowest BCUT2D eigenvalue weighted by molar-refractivity contribution is 0.152. The topological polar surface area (TPSA) is 38.2 Å². The van der Waals surface area contributed by atoms with Gasteiger partial charge in [0.15, 0.2) is 0 Å². The third-order valence-corrected chi connectivity index (χ3v) is 2.32. The summed E-state index contributed by atoms with van der Waals surface area (Å²) in [4.78, 5) is 10.4. The molecular weight excluding hydrogens is 202 g/mol. The molecule has 1 aliphatic heterocycles. The molecule has 0 aromatic carbocycles. The average molecular weight is 214 g/mol. The molecule has 4 nitrogen and oxygen atoms in total. The predicted molar refractivity (Wildman–Crippen MR) is 54.7 cm³/mol. The first-order valence-corrected chi connectivity index (χ1v) is 5.04. The number of hydrogen-bond donors (Lipinski definition) is 0. The number of hydrogen-bond acceptors (Lipinski definition) is 4. The maximum Gasteiger partial charge on any atom is 0.149 e. The smallest absolute Gasteiger partial charge is 0.149 e. The van der Waals surface area contributed by atoms with Crippen LogP contribution in [0.4, 0.5) is 5.82 Å². The molecule has 0 spiro atoms. The van der Waals surface area contributed by atoms with Crippen LogP contribution < -0.4 is 4.90 Å². The van der Waals surface area contributed by atoms with Gasteiger partial charge in [0.25, 0.3) is 0 Å². The van der Waals surface area contributed by atoms with E-state index in [2.05, 4.69) is 14.9 Å². The van der Waals surface area contributed by atoms with E-state index in [4.69, 9.17) is 16.3 Å². The lowest BCUT2D eigenvalue weighted by Crippen LogP contribution is -2.26. The molecule has 1 aromatic heterocycles. The van der Waals surface area contributed by atoms with Crippen LogP contribution in [-0.2, 0) is 4.74 Å². The van der Waals surface area contributed by atoms with Crippen molar-refractivity contribution in [2.24, 2.45) is 0 Å². The van der Waals surface area contributed by atoms with E-state index in [1.807, 2.05) is 0 Å². The molecule has 0 bridgehead atoms. The van der Waals surface area contributed by atoms with Crippen molar-refractivity contribution in [3.63, 3.8) is 0 Å². The van der Waals surface area contributed by atoms with Gasteiger partial charge < -0.3 is 9.64 Å². The monoisotopic (exact) mass is 213 g/mol. The Morgan fingerprint density at radius 2 is 2.21 bits per heavy atom. The maximum absolute atomic E-state index is 5.77. The molecule has 0 radical (unpaired) electrons. The van der Waals surface area contributed by atoms with E-state index in [-0.39, 0.29) is 0 Å². The van der Waals surface area contributed by atoms with Crippen LogP contribution in [0.3, 0.4) is 0 Å². The summed E-state index contributed by atoms with van der Waals surface area (Å²) in [7, 11) is 0. The lowest BCUT2D eigenvalue weighted by atomic mass is 10.4. The summed E-state index contributed by atoms with van der Waals surface area (Å²) >= 11 is 5.77. The van der Waals surface area contributed by atoms with Crippen molar-refractivity contribution in [1.82, 2.24) is 9.97 Å². The number of anilines is 1. The van der Waals surface area contributed by atoms with Gasteiger partial charge in [-0.1, -0.05) is 11.6 Å². The quantitative estimate of drug-likeness (QED) is 0.706. The summed E-state index contributed by atoms with van der Waals surface area (Å²) in [5.74, 6) is 0.836. The number of halogens is 1. The summed E-state index contributed by atoms with van der Waals surface area (Å²) in [6, 6.07) is 0. The van der Waals surface area contributed by atoms with Crippen LogP contribution in [0.1, 0.15) is 6.42 Å². The molecule has 0 amide bonds. The first-order chi connectivity index (χ1) is 6.86. The van der Waals surface area contributed by atoms with Crippen molar-refractivity contribution in [2.75, 3.05) is 31.2 Å². The fraction of sp³-hybridized carbons (Fsp3) is 0.556. The second-order valence-electron chi connectivity index (χ2n) is 3.15. The third-order valence-electron chi connectivity index (χ3n) is 2.14. The zero-order valence-corrected chi connectivity index (χ0v) is 8.57. The van der Waals surface area contributed by atoms with Crippen molar-refractivity contribution in [1.29, 1.82) is 0 Å². The molecule has 0 saturated carbocycles. The van der Waals surface area contributed by atoms with E-state index < -0.39 is 0 Å². The Bertz CT molecular complexity index is 300. The molecule has 0 N–H and O–H groups in total. The first-order valence-electron chi connectivity index (χ1n) is 4.66. The Morgan fingerprint density at radius 1 is 1.29 bits per heavy atom. The molecule has 2 heterocycles. The molecule has 1 aromatic rings. The standard InChI is InChI=1S/C9H12ClN3O/c10-8-6-11-7-9(12-8)13-2-1-4-14-5-3-13/h6-7H,1-5H2. The maximum atomic E-state index is 5.77. The Labute approximate surface area is 87.9 Å². The van der Waals surface area contributed by atoms with Gasteiger partial charge in [-0.05, 0) is 6.42 Å². The normalized spacial score (nSPS) is 17.9. The molecule has 0 atom stereocenters. The first kappa shape index (κ1) is 9.68. The fourth-order valence-corrected chi connectivity index (χ4v) is 1.60. The molecule has 14 heavy (non-hydrogen) atoms. The van der Waals surface area contributed by atoms with Crippen LogP contribution in [0, 0.1) is 0 Å². The van der Waals surface area contributed by atoms with Crippen LogP contribution in [0.2, 0.25) is 5.15 Å². The van der Waals surface area contributed by atoms with E-state index in [1.54, 1.807) is 12.4 Å². The second kappa shape index (κ2) is 4.57. The van der Waals surface area contributed by atoms with Crippen LogP contribution >= 0.6 is 11.6 Å². The van der Waals surface area contributed by atoms with Gasteiger partial charge in [-0.2, -0.15) is 0 Å². The van der Waals surface area contributed by atoms with Gasteiger partial charge in [0, 0.05) is 19.7 Å².